The second-order valence-electron chi connectivity index (χ2n) is 4.65. The molecule has 1 aromatic carbocycles. The van der Waals surface area contributed by atoms with Crippen molar-refractivity contribution in [1.82, 2.24) is 5.32 Å². The van der Waals surface area contributed by atoms with Crippen LogP contribution in [0.15, 0.2) is 12.1 Å². The second-order valence-corrected chi connectivity index (χ2v) is 4.65. The van der Waals surface area contributed by atoms with Gasteiger partial charge in [0.2, 0.25) is 0 Å². The van der Waals surface area contributed by atoms with Crippen molar-refractivity contribution in [2.45, 2.75) is 52.1 Å². The highest BCUT2D eigenvalue weighted by Crippen LogP contribution is 2.13. The van der Waals surface area contributed by atoms with Crippen LogP contribution in [0.5, 0.6) is 0 Å². The Hall–Kier alpha value is -1.03. The van der Waals surface area contributed by atoms with E-state index in [0.717, 1.165) is 25.0 Å². The standard InChI is InChI=1S/C14H20F3N/c1-3-4-5-6-10(2)18-9-11-7-12(15)14(17)13(16)8-11/h7-8,10,18H,3-6,9H2,1-2H3. The first-order valence-corrected chi connectivity index (χ1v) is 6.41. The molecule has 1 atom stereocenters. The van der Waals surface area contributed by atoms with Crippen LogP contribution in [-0.2, 0) is 6.54 Å². The summed E-state index contributed by atoms with van der Waals surface area (Å²) in [5.41, 5.74) is 0.425. The van der Waals surface area contributed by atoms with Crippen LogP contribution in [0, 0.1) is 17.5 Å². The lowest BCUT2D eigenvalue weighted by atomic mass is 10.1. The minimum Gasteiger partial charge on any atom is -0.310 e. The van der Waals surface area contributed by atoms with Gasteiger partial charge in [0.05, 0.1) is 0 Å². The van der Waals surface area contributed by atoms with Gasteiger partial charge in [-0.2, -0.15) is 0 Å². The zero-order valence-corrected chi connectivity index (χ0v) is 10.9. The van der Waals surface area contributed by atoms with E-state index in [-0.39, 0.29) is 6.04 Å². The number of unbranched alkanes of at least 4 members (excludes halogenated alkanes) is 2. The molecule has 1 nitrogen and oxygen atoms in total. The first-order chi connectivity index (χ1) is 8.54. The van der Waals surface area contributed by atoms with Crippen LogP contribution in [-0.4, -0.2) is 6.04 Å². The molecule has 0 aliphatic carbocycles. The third kappa shape index (κ3) is 4.69. The Bertz CT molecular complexity index is 356. The summed E-state index contributed by atoms with van der Waals surface area (Å²) in [6.07, 6.45) is 4.52. The molecule has 0 bridgehead atoms. The molecule has 1 rings (SSSR count). The van der Waals surface area contributed by atoms with Gasteiger partial charge in [0.15, 0.2) is 17.5 Å². The summed E-state index contributed by atoms with van der Waals surface area (Å²) in [7, 11) is 0. The van der Waals surface area contributed by atoms with Gasteiger partial charge in [-0.3, -0.25) is 0 Å². The molecule has 0 aliphatic heterocycles. The van der Waals surface area contributed by atoms with Crippen LogP contribution in [0.25, 0.3) is 0 Å². The number of nitrogens with one attached hydrogen (secondary N) is 1. The molecule has 0 saturated heterocycles. The number of rotatable bonds is 7. The lowest BCUT2D eigenvalue weighted by molar-refractivity contribution is 0.441. The first-order valence-electron chi connectivity index (χ1n) is 6.41. The molecule has 0 amide bonds. The topological polar surface area (TPSA) is 12.0 Å². The summed E-state index contributed by atoms with van der Waals surface area (Å²) in [5, 5.41) is 3.18. The van der Waals surface area contributed by atoms with Gasteiger partial charge < -0.3 is 5.32 Å². The fraction of sp³-hybridized carbons (Fsp3) is 0.571. The highest BCUT2D eigenvalue weighted by molar-refractivity contribution is 5.19. The molecular formula is C14H20F3N. The lowest BCUT2D eigenvalue weighted by Gasteiger charge is -2.13. The summed E-state index contributed by atoms with van der Waals surface area (Å²) in [6, 6.07) is 2.35. The quantitative estimate of drug-likeness (QED) is 0.572. The molecule has 102 valence electrons. The van der Waals surface area contributed by atoms with E-state index in [1.807, 2.05) is 6.92 Å². The van der Waals surface area contributed by atoms with Crippen molar-refractivity contribution in [3.8, 4) is 0 Å². The maximum absolute atomic E-state index is 13.0. The van der Waals surface area contributed by atoms with E-state index in [1.165, 1.54) is 12.8 Å². The van der Waals surface area contributed by atoms with E-state index in [0.29, 0.717) is 12.1 Å². The van der Waals surface area contributed by atoms with E-state index in [2.05, 4.69) is 12.2 Å². The molecule has 0 fully saturated rings. The van der Waals surface area contributed by atoms with Crippen molar-refractivity contribution in [3.05, 3.63) is 35.1 Å². The van der Waals surface area contributed by atoms with Crippen molar-refractivity contribution < 1.29 is 13.2 Å². The largest absolute Gasteiger partial charge is 0.310 e. The Labute approximate surface area is 106 Å². The molecule has 0 spiro atoms. The van der Waals surface area contributed by atoms with Gasteiger partial charge in [-0.25, -0.2) is 13.2 Å². The molecule has 0 radical (unpaired) electrons. The Morgan fingerprint density at radius 2 is 1.72 bits per heavy atom. The van der Waals surface area contributed by atoms with Crippen molar-refractivity contribution >= 4 is 0 Å². The van der Waals surface area contributed by atoms with Gasteiger partial charge in [-0.15, -0.1) is 0 Å². The van der Waals surface area contributed by atoms with Crippen LogP contribution < -0.4 is 5.32 Å². The highest BCUT2D eigenvalue weighted by atomic mass is 19.2. The number of benzene rings is 1. The predicted molar refractivity (Wildman–Crippen MR) is 66.8 cm³/mol. The van der Waals surface area contributed by atoms with E-state index in [9.17, 15) is 13.2 Å². The van der Waals surface area contributed by atoms with Crippen LogP contribution in [0.4, 0.5) is 13.2 Å². The third-order valence-electron chi connectivity index (χ3n) is 2.94. The third-order valence-corrected chi connectivity index (χ3v) is 2.94. The smallest absolute Gasteiger partial charge is 0.194 e. The average Bonchev–Trinajstić information content (AvgIpc) is 2.33. The SMILES string of the molecule is CCCCCC(C)NCc1cc(F)c(F)c(F)c1. The molecule has 4 heteroatoms. The van der Waals surface area contributed by atoms with Gasteiger partial charge >= 0.3 is 0 Å². The summed E-state index contributed by atoms with van der Waals surface area (Å²) in [6.45, 7) is 4.52. The highest BCUT2D eigenvalue weighted by Gasteiger charge is 2.10. The fourth-order valence-corrected chi connectivity index (χ4v) is 1.80. The van der Waals surface area contributed by atoms with Gasteiger partial charge in [-0.1, -0.05) is 26.2 Å². The molecule has 0 heterocycles. The van der Waals surface area contributed by atoms with E-state index in [4.69, 9.17) is 0 Å². The van der Waals surface area contributed by atoms with Crippen LogP contribution >= 0.6 is 0 Å². The molecule has 0 saturated carbocycles. The maximum Gasteiger partial charge on any atom is 0.194 e. The number of hydrogen-bond acceptors (Lipinski definition) is 1. The zero-order valence-electron chi connectivity index (χ0n) is 10.9. The zero-order chi connectivity index (χ0) is 13.5. The Morgan fingerprint density at radius 1 is 1.11 bits per heavy atom. The van der Waals surface area contributed by atoms with Gasteiger partial charge in [0.25, 0.3) is 0 Å². The molecule has 1 aromatic rings. The predicted octanol–water partition coefficient (Wildman–Crippen LogP) is 4.16. The molecule has 18 heavy (non-hydrogen) atoms. The molecule has 0 aromatic heterocycles. The van der Waals surface area contributed by atoms with Crippen molar-refractivity contribution in [2.75, 3.05) is 0 Å². The Morgan fingerprint density at radius 3 is 2.28 bits per heavy atom. The van der Waals surface area contributed by atoms with Crippen LogP contribution in [0.1, 0.15) is 45.1 Å². The molecule has 1 N–H and O–H groups in total. The number of halogens is 3. The Balaban J connectivity index is 2.43. The van der Waals surface area contributed by atoms with E-state index < -0.39 is 17.5 Å². The van der Waals surface area contributed by atoms with Gasteiger partial charge in [-0.05, 0) is 31.0 Å². The first kappa shape index (κ1) is 15.0. The maximum atomic E-state index is 13.0. The van der Waals surface area contributed by atoms with Crippen LogP contribution in [0.2, 0.25) is 0 Å². The molecule has 1 unspecified atom stereocenters. The summed E-state index contributed by atoms with van der Waals surface area (Å²) in [5.74, 6) is -3.68. The van der Waals surface area contributed by atoms with Crippen molar-refractivity contribution in [1.29, 1.82) is 0 Å². The average molecular weight is 259 g/mol. The second kappa shape index (κ2) is 7.41. The molecule has 0 aliphatic rings. The monoisotopic (exact) mass is 259 g/mol. The summed E-state index contributed by atoms with van der Waals surface area (Å²) >= 11 is 0. The fourth-order valence-electron chi connectivity index (χ4n) is 1.80. The number of hydrogen-bond donors (Lipinski definition) is 1. The van der Waals surface area contributed by atoms with Crippen molar-refractivity contribution in [2.24, 2.45) is 0 Å². The summed E-state index contributed by atoms with van der Waals surface area (Å²) < 4.78 is 38.7. The van der Waals surface area contributed by atoms with E-state index >= 15 is 0 Å². The van der Waals surface area contributed by atoms with Gasteiger partial charge in [0.1, 0.15) is 0 Å². The molecular weight excluding hydrogens is 239 g/mol. The normalized spacial score (nSPS) is 12.7. The lowest BCUT2D eigenvalue weighted by Crippen LogP contribution is -2.25. The Kier molecular flexibility index (Phi) is 6.19. The minimum absolute atomic E-state index is 0.285. The van der Waals surface area contributed by atoms with Gasteiger partial charge in [0, 0.05) is 12.6 Å². The van der Waals surface area contributed by atoms with E-state index in [1.54, 1.807) is 0 Å². The van der Waals surface area contributed by atoms with Crippen LogP contribution in [0.3, 0.4) is 0 Å². The summed E-state index contributed by atoms with van der Waals surface area (Å²) in [4.78, 5) is 0. The minimum atomic E-state index is -1.41. The van der Waals surface area contributed by atoms with Crippen molar-refractivity contribution in [3.63, 3.8) is 0 Å².